The molecule has 1 aromatic carbocycles. The minimum Gasteiger partial charge on any atom is -0.395 e. The molecule has 0 heterocycles. The van der Waals surface area contributed by atoms with Crippen LogP contribution in [-0.4, -0.2) is 47.6 Å². The monoisotopic (exact) mass is 280 g/mol. The summed E-state index contributed by atoms with van der Waals surface area (Å²) in [5.74, 6) is -1.22. The lowest BCUT2D eigenvalue weighted by molar-refractivity contribution is -0.131. The van der Waals surface area contributed by atoms with Crippen LogP contribution in [0.15, 0.2) is 24.3 Å². The second-order valence-corrected chi connectivity index (χ2v) is 4.73. The van der Waals surface area contributed by atoms with Crippen molar-refractivity contribution in [2.75, 3.05) is 19.7 Å². The zero-order valence-corrected chi connectivity index (χ0v) is 11.0. The number of hydrogen-bond donors (Lipinski definition) is 2. The van der Waals surface area contributed by atoms with Gasteiger partial charge in [-0.15, -0.1) is 0 Å². The number of benzene rings is 1. The number of nitrogens with zero attached hydrogens (tertiary/aromatic N) is 1. The number of carbonyl (C=O) groups excluding carboxylic acids is 2. The van der Waals surface area contributed by atoms with Gasteiger partial charge in [0.25, 0.3) is 5.91 Å². The lowest BCUT2D eigenvalue weighted by Gasteiger charge is -2.21. The molecule has 0 bridgehead atoms. The standard InChI is InChI=1S/C14H17FN2O3/c15-11-3-1-2-10(8-11)14(20)16-9-13(19)17(6-7-18)12-4-5-12/h1-3,8,12,18H,4-7,9H2,(H,16,20). The van der Waals surface area contributed by atoms with Crippen molar-refractivity contribution in [3.8, 4) is 0 Å². The Morgan fingerprint density at radius 3 is 2.75 bits per heavy atom. The Morgan fingerprint density at radius 1 is 1.40 bits per heavy atom. The SMILES string of the molecule is O=C(NCC(=O)N(CCO)C1CC1)c1cccc(F)c1. The molecule has 6 heteroatoms. The predicted molar refractivity (Wildman–Crippen MR) is 70.6 cm³/mol. The molecular weight excluding hydrogens is 263 g/mol. The quantitative estimate of drug-likeness (QED) is 0.799. The Kier molecular flexibility index (Phi) is 4.68. The summed E-state index contributed by atoms with van der Waals surface area (Å²) in [5.41, 5.74) is 0.179. The first-order chi connectivity index (χ1) is 9.61. The molecule has 1 aliphatic carbocycles. The maximum absolute atomic E-state index is 13.0. The van der Waals surface area contributed by atoms with Crippen LogP contribution in [0.2, 0.25) is 0 Å². The van der Waals surface area contributed by atoms with Crippen molar-refractivity contribution in [1.82, 2.24) is 10.2 Å². The van der Waals surface area contributed by atoms with Gasteiger partial charge in [0.1, 0.15) is 5.82 Å². The van der Waals surface area contributed by atoms with E-state index in [4.69, 9.17) is 5.11 Å². The minimum atomic E-state index is -0.496. The van der Waals surface area contributed by atoms with Gasteiger partial charge in [0.05, 0.1) is 13.2 Å². The summed E-state index contributed by atoms with van der Waals surface area (Å²) < 4.78 is 13.0. The third-order valence-corrected chi connectivity index (χ3v) is 3.14. The van der Waals surface area contributed by atoms with Gasteiger partial charge in [-0.1, -0.05) is 6.07 Å². The van der Waals surface area contributed by atoms with Gasteiger partial charge in [-0.25, -0.2) is 4.39 Å². The lowest BCUT2D eigenvalue weighted by Crippen LogP contribution is -2.42. The number of carbonyl (C=O) groups is 2. The van der Waals surface area contributed by atoms with Crippen LogP contribution in [-0.2, 0) is 4.79 Å². The number of nitrogens with one attached hydrogen (secondary N) is 1. The van der Waals surface area contributed by atoms with Crippen molar-refractivity contribution in [2.45, 2.75) is 18.9 Å². The van der Waals surface area contributed by atoms with Crippen LogP contribution in [0.3, 0.4) is 0 Å². The summed E-state index contributed by atoms with van der Waals surface area (Å²) >= 11 is 0. The highest BCUT2D eigenvalue weighted by atomic mass is 19.1. The molecule has 2 N–H and O–H groups in total. The van der Waals surface area contributed by atoms with E-state index >= 15 is 0 Å². The van der Waals surface area contributed by atoms with Gasteiger partial charge in [0.2, 0.25) is 5.91 Å². The normalized spacial score (nSPS) is 13.9. The summed E-state index contributed by atoms with van der Waals surface area (Å²) in [5, 5.41) is 11.4. The first-order valence-electron chi connectivity index (χ1n) is 6.56. The molecule has 0 atom stereocenters. The van der Waals surface area contributed by atoms with Gasteiger partial charge >= 0.3 is 0 Å². The zero-order chi connectivity index (χ0) is 14.5. The topological polar surface area (TPSA) is 69.6 Å². The number of aliphatic hydroxyl groups excluding tert-OH is 1. The second-order valence-electron chi connectivity index (χ2n) is 4.73. The van der Waals surface area contributed by atoms with Gasteiger partial charge in [-0.05, 0) is 31.0 Å². The highest BCUT2D eigenvalue weighted by Gasteiger charge is 2.31. The molecule has 1 aliphatic rings. The number of rotatable bonds is 6. The minimum absolute atomic E-state index is 0.0971. The Bertz CT molecular complexity index is 503. The summed E-state index contributed by atoms with van der Waals surface area (Å²) in [6.07, 6.45) is 1.87. The van der Waals surface area contributed by atoms with Crippen LogP contribution in [0.5, 0.6) is 0 Å². The molecule has 0 radical (unpaired) electrons. The average molecular weight is 280 g/mol. The molecule has 2 amide bonds. The van der Waals surface area contributed by atoms with Crippen molar-refractivity contribution < 1.29 is 19.1 Å². The first-order valence-corrected chi connectivity index (χ1v) is 6.56. The fraction of sp³-hybridized carbons (Fsp3) is 0.429. The van der Waals surface area contributed by atoms with Crippen LogP contribution < -0.4 is 5.32 Å². The Morgan fingerprint density at radius 2 is 2.15 bits per heavy atom. The molecule has 0 aromatic heterocycles. The van der Waals surface area contributed by atoms with E-state index in [2.05, 4.69) is 5.32 Å². The largest absolute Gasteiger partial charge is 0.395 e. The third kappa shape index (κ3) is 3.77. The van der Waals surface area contributed by atoms with E-state index in [9.17, 15) is 14.0 Å². The zero-order valence-electron chi connectivity index (χ0n) is 11.0. The van der Waals surface area contributed by atoms with E-state index in [-0.39, 0.29) is 37.2 Å². The predicted octanol–water partition coefficient (Wildman–Crippen LogP) is 0.539. The molecule has 0 unspecified atom stereocenters. The van der Waals surface area contributed by atoms with Crippen LogP contribution in [0.25, 0.3) is 0 Å². The molecule has 1 aromatic rings. The van der Waals surface area contributed by atoms with Gasteiger partial charge < -0.3 is 15.3 Å². The molecule has 108 valence electrons. The van der Waals surface area contributed by atoms with Gasteiger partial charge in [-0.2, -0.15) is 0 Å². The number of aliphatic hydroxyl groups is 1. The summed E-state index contributed by atoms with van der Waals surface area (Å²) in [7, 11) is 0. The molecule has 1 fully saturated rings. The number of amides is 2. The van der Waals surface area contributed by atoms with Crippen molar-refractivity contribution >= 4 is 11.8 Å². The summed E-state index contributed by atoms with van der Waals surface area (Å²) in [6, 6.07) is 5.47. The Labute approximate surface area is 116 Å². The van der Waals surface area contributed by atoms with Crippen molar-refractivity contribution in [3.63, 3.8) is 0 Å². The maximum Gasteiger partial charge on any atom is 0.251 e. The fourth-order valence-corrected chi connectivity index (χ4v) is 1.99. The van der Waals surface area contributed by atoms with Gasteiger partial charge in [-0.3, -0.25) is 9.59 Å². The average Bonchev–Trinajstić information content (AvgIpc) is 3.26. The molecule has 20 heavy (non-hydrogen) atoms. The third-order valence-electron chi connectivity index (χ3n) is 3.14. The molecule has 0 saturated heterocycles. The van der Waals surface area contributed by atoms with Crippen molar-refractivity contribution in [3.05, 3.63) is 35.6 Å². The highest BCUT2D eigenvalue weighted by molar-refractivity contribution is 5.96. The van der Waals surface area contributed by atoms with E-state index < -0.39 is 11.7 Å². The van der Waals surface area contributed by atoms with Gasteiger partial charge in [0, 0.05) is 18.2 Å². The van der Waals surface area contributed by atoms with E-state index in [1.807, 2.05) is 0 Å². The molecular formula is C14H17FN2O3. The Hall–Kier alpha value is -1.95. The maximum atomic E-state index is 13.0. The van der Waals surface area contributed by atoms with Crippen LogP contribution in [0.4, 0.5) is 4.39 Å². The van der Waals surface area contributed by atoms with Crippen molar-refractivity contribution in [2.24, 2.45) is 0 Å². The van der Waals surface area contributed by atoms with E-state index in [1.54, 1.807) is 4.90 Å². The molecule has 0 aliphatic heterocycles. The van der Waals surface area contributed by atoms with Gasteiger partial charge in [0.15, 0.2) is 0 Å². The van der Waals surface area contributed by atoms with Crippen LogP contribution in [0, 0.1) is 5.82 Å². The number of hydrogen-bond acceptors (Lipinski definition) is 3. The second kappa shape index (κ2) is 6.47. The summed E-state index contributed by atoms with van der Waals surface area (Å²) in [6.45, 7) is 0.0330. The van der Waals surface area contributed by atoms with Crippen LogP contribution in [0.1, 0.15) is 23.2 Å². The highest BCUT2D eigenvalue weighted by Crippen LogP contribution is 2.26. The molecule has 2 rings (SSSR count). The van der Waals surface area contributed by atoms with E-state index in [0.29, 0.717) is 0 Å². The van der Waals surface area contributed by atoms with Crippen molar-refractivity contribution in [1.29, 1.82) is 0 Å². The van der Waals surface area contributed by atoms with Crippen LogP contribution >= 0.6 is 0 Å². The Balaban J connectivity index is 1.87. The van der Waals surface area contributed by atoms with E-state index in [1.165, 1.54) is 18.2 Å². The molecule has 1 saturated carbocycles. The fourth-order valence-electron chi connectivity index (χ4n) is 1.99. The molecule has 5 nitrogen and oxygen atoms in total. The lowest BCUT2D eigenvalue weighted by atomic mass is 10.2. The van der Waals surface area contributed by atoms with E-state index in [0.717, 1.165) is 18.9 Å². The number of halogens is 1. The smallest absolute Gasteiger partial charge is 0.251 e. The molecule has 0 spiro atoms. The summed E-state index contributed by atoms with van der Waals surface area (Å²) in [4.78, 5) is 25.3. The first kappa shape index (κ1) is 14.5.